The van der Waals surface area contributed by atoms with Gasteiger partial charge in [0.1, 0.15) is 18.1 Å². The largest absolute Gasteiger partial charge is 0.492 e. The van der Waals surface area contributed by atoms with Crippen LogP contribution in [0.15, 0.2) is 30.3 Å². The van der Waals surface area contributed by atoms with Crippen molar-refractivity contribution in [2.75, 3.05) is 26.2 Å². The molecule has 0 bridgehead atoms. The van der Waals surface area contributed by atoms with Gasteiger partial charge in [0.2, 0.25) is 0 Å². The van der Waals surface area contributed by atoms with E-state index < -0.39 is 5.97 Å². The number of benzene rings is 2. The number of likely N-dealkylation sites (tertiary alicyclic amines) is 1. The summed E-state index contributed by atoms with van der Waals surface area (Å²) >= 11 is 12.9. The summed E-state index contributed by atoms with van der Waals surface area (Å²) in [5.74, 6) is 0.504. The molecule has 0 amide bonds. The summed E-state index contributed by atoms with van der Waals surface area (Å²) in [4.78, 5) is 13.4. The standard InChI is InChI=1S/C25H29Cl2NO4.ClH/c1-3-17-4-7-21(26)19(23(17)27)14-31-18-5-6-20-22(12-18)32-15-25(20)8-10-28(11-9-25)13-16(2)24(29)30;/h4-7,12,16H,3,8-11,13-15H2,1-2H3,(H,29,30);1H. The Labute approximate surface area is 211 Å². The van der Waals surface area contributed by atoms with Crippen LogP contribution >= 0.6 is 35.6 Å². The molecule has 2 aliphatic heterocycles. The van der Waals surface area contributed by atoms with Gasteiger partial charge in [-0.25, -0.2) is 0 Å². The molecular formula is C25H30Cl3NO4. The Kier molecular flexibility index (Phi) is 8.44. The number of piperidine rings is 1. The van der Waals surface area contributed by atoms with Gasteiger partial charge in [0, 0.05) is 34.2 Å². The molecule has 1 fully saturated rings. The van der Waals surface area contributed by atoms with Gasteiger partial charge in [-0.05, 0) is 50.0 Å². The predicted octanol–water partition coefficient (Wildman–Crippen LogP) is 6.00. The normalized spacial score (nSPS) is 17.7. The van der Waals surface area contributed by atoms with Crippen LogP contribution in [0.4, 0.5) is 0 Å². The van der Waals surface area contributed by atoms with Gasteiger partial charge in [-0.15, -0.1) is 12.4 Å². The van der Waals surface area contributed by atoms with E-state index in [2.05, 4.69) is 17.9 Å². The molecule has 1 unspecified atom stereocenters. The van der Waals surface area contributed by atoms with E-state index in [1.165, 1.54) is 5.56 Å². The summed E-state index contributed by atoms with van der Waals surface area (Å²) in [5.41, 5.74) is 3.07. The summed E-state index contributed by atoms with van der Waals surface area (Å²) < 4.78 is 12.1. The number of halogens is 3. The summed E-state index contributed by atoms with van der Waals surface area (Å²) in [5, 5.41) is 10.4. The van der Waals surface area contributed by atoms with Gasteiger partial charge in [-0.2, -0.15) is 0 Å². The fourth-order valence-electron chi connectivity index (χ4n) is 4.69. The average molecular weight is 515 g/mol. The number of ether oxygens (including phenoxy) is 2. The van der Waals surface area contributed by atoms with Crippen molar-refractivity contribution in [2.24, 2.45) is 5.92 Å². The molecule has 0 aliphatic carbocycles. The van der Waals surface area contributed by atoms with E-state index in [9.17, 15) is 9.90 Å². The first-order chi connectivity index (χ1) is 15.3. The van der Waals surface area contributed by atoms with Gasteiger partial charge in [0.25, 0.3) is 0 Å². The van der Waals surface area contributed by atoms with Crippen molar-refractivity contribution >= 4 is 41.6 Å². The molecule has 0 saturated carbocycles. The van der Waals surface area contributed by atoms with E-state index in [1.54, 1.807) is 6.92 Å². The van der Waals surface area contributed by atoms with Crippen LogP contribution in [-0.4, -0.2) is 42.2 Å². The van der Waals surface area contributed by atoms with Crippen molar-refractivity contribution in [3.63, 3.8) is 0 Å². The number of aliphatic carboxylic acids is 1. The Bertz CT molecular complexity index is 1010. The van der Waals surface area contributed by atoms with Crippen LogP contribution < -0.4 is 9.47 Å². The van der Waals surface area contributed by atoms with Gasteiger partial charge < -0.3 is 19.5 Å². The zero-order valence-electron chi connectivity index (χ0n) is 18.9. The molecular weight excluding hydrogens is 485 g/mol. The molecule has 1 N–H and O–H groups in total. The number of carboxylic acid groups (broad SMARTS) is 1. The van der Waals surface area contributed by atoms with E-state index in [0.717, 1.165) is 55.0 Å². The highest BCUT2D eigenvalue weighted by Crippen LogP contribution is 2.47. The molecule has 33 heavy (non-hydrogen) atoms. The zero-order valence-corrected chi connectivity index (χ0v) is 21.2. The second-order valence-corrected chi connectivity index (χ2v) is 9.69. The Hall–Kier alpha value is -1.66. The smallest absolute Gasteiger partial charge is 0.307 e. The monoisotopic (exact) mass is 513 g/mol. The third-order valence-electron chi connectivity index (χ3n) is 6.83. The predicted molar refractivity (Wildman–Crippen MR) is 134 cm³/mol. The van der Waals surface area contributed by atoms with Crippen molar-refractivity contribution in [3.8, 4) is 11.5 Å². The van der Waals surface area contributed by atoms with E-state index in [4.69, 9.17) is 32.7 Å². The SMILES string of the molecule is CCc1ccc(Cl)c(COc2ccc3c(c2)OCC32CCN(CC(C)C(=O)O)CC2)c1Cl.Cl. The minimum absolute atomic E-state index is 0. The zero-order chi connectivity index (χ0) is 22.9. The lowest BCUT2D eigenvalue weighted by molar-refractivity contribution is -0.141. The van der Waals surface area contributed by atoms with Gasteiger partial charge in [-0.3, -0.25) is 4.79 Å². The quantitative estimate of drug-likeness (QED) is 0.491. The number of rotatable bonds is 7. The van der Waals surface area contributed by atoms with Gasteiger partial charge in [0.15, 0.2) is 0 Å². The van der Waals surface area contributed by atoms with E-state index in [0.29, 0.717) is 29.8 Å². The number of hydrogen-bond acceptors (Lipinski definition) is 4. The highest BCUT2D eigenvalue weighted by molar-refractivity contribution is 6.36. The van der Waals surface area contributed by atoms with Crippen LogP contribution in [0.1, 0.15) is 43.4 Å². The molecule has 5 nitrogen and oxygen atoms in total. The second kappa shape index (κ2) is 10.7. The molecule has 180 valence electrons. The van der Waals surface area contributed by atoms with Crippen LogP contribution in [0.2, 0.25) is 10.0 Å². The Morgan fingerprint density at radius 3 is 2.64 bits per heavy atom. The Morgan fingerprint density at radius 2 is 1.97 bits per heavy atom. The highest BCUT2D eigenvalue weighted by Gasteiger charge is 2.43. The number of carboxylic acids is 1. The molecule has 1 atom stereocenters. The number of nitrogens with zero attached hydrogens (tertiary/aromatic N) is 1. The molecule has 0 aromatic heterocycles. The van der Waals surface area contributed by atoms with Gasteiger partial charge in [-0.1, -0.05) is 49.2 Å². The number of carbonyl (C=O) groups is 1. The first-order valence-electron chi connectivity index (χ1n) is 11.1. The minimum Gasteiger partial charge on any atom is -0.492 e. The number of aryl methyl sites for hydroxylation is 1. The second-order valence-electron chi connectivity index (χ2n) is 8.91. The maximum atomic E-state index is 11.2. The minimum atomic E-state index is -0.739. The van der Waals surface area contributed by atoms with Crippen LogP contribution in [0.3, 0.4) is 0 Å². The fourth-order valence-corrected chi connectivity index (χ4v) is 5.31. The molecule has 0 radical (unpaired) electrons. The molecule has 8 heteroatoms. The topological polar surface area (TPSA) is 59.0 Å². The molecule has 2 aliphatic rings. The van der Waals surface area contributed by atoms with E-state index >= 15 is 0 Å². The van der Waals surface area contributed by atoms with Crippen molar-refractivity contribution in [2.45, 2.75) is 45.1 Å². The van der Waals surface area contributed by atoms with Crippen LogP contribution in [0.5, 0.6) is 11.5 Å². The van der Waals surface area contributed by atoms with Gasteiger partial charge in [0.05, 0.1) is 17.5 Å². The number of hydrogen-bond donors (Lipinski definition) is 1. The van der Waals surface area contributed by atoms with Crippen molar-refractivity contribution in [1.82, 2.24) is 4.90 Å². The summed E-state index contributed by atoms with van der Waals surface area (Å²) in [6.07, 6.45) is 2.76. The van der Waals surface area contributed by atoms with Crippen LogP contribution in [-0.2, 0) is 23.2 Å². The first kappa shape index (κ1) is 26.0. The van der Waals surface area contributed by atoms with Crippen LogP contribution in [0, 0.1) is 5.92 Å². The molecule has 2 aromatic carbocycles. The van der Waals surface area contributed by atoms with Crippen molar-refractivity contribution < 1.29 is 19.4 Å². The van der Waals surface area contributed by atoms with Crippen LogP contribution in [0.25, 0.3) is 0 Å². The Morgan fingerprint density at radius 1 is 1.24 bits per heavy atom. The third kappa shape index (κ3) is 5.37. The lowest BCUT2D eigenvalue weighted by Gasteiger charge is -2.39. The lowest BCUT2D eigenvalue weighted by atomic mass is 9.74. The average Bonchev–Trinajstić information content (AvgIpc) is 3.13. The third-order valence-corrected chi connectivity index (χ3v) is 7.65. The van der Waals surface area contributed by atoms with Gasteiger partial charge >= 0.3 is 5.97 Å². The fraction of sp³-hybridized carbons (Fsp3) is 0.480. The lowest BCUT2D eigenvalue weighted by Crippen LogP contribution is -2.45. The van der Waals surface area contributed by atoms with Crippen molar-refractivity contribution in [1.29, 1.82) is 0 Å². The Balaban J connectivity index is 0.00000306. The highest BCUT2D eigenvalue weighted by atomic mass is 35.5. The number of fused-ring (bicyclic) bond motifs is 2. The maximum Gasteiger partial charge on any atom is 0.307 e. The van der Waals surface area contributed by atoms with Crippen molar-refractivity contribution in [3.05, 3.63) is 57.1 Å². The maximum absolute atomic E-state index is 11.2. The van der Waals surface area contributed by atoms with E-state index in [-0.39, 0.29) is 23.7 Å². The molecule has 1 spiro atoms. The molecule has 2 heterocycles. The molecule has 4 rings (SSSR count). The van der Waals surface area contributed by atoms with E-state index in [1.807, 2.05) is 24.3 Å². The first-order valence-corrected chi connectivity index (χ1v) is 11.9. The molecule has 2 aromatic rings. The molecule has 1 saturated heterocycles. The summed E-state index contributed by atoms with van der Waals surface area (Å²) in [6, 6.07) is 9.86. The summed E-state index contributed by atoms with van der Waals surface area (Å²) in [6.45, 7) is 7.13. The summed E-state index contributed by atoms with van der Waals surface area (Å²) in [7, 11) is 0.